The zero-order valence-electron chi connectivity index (χ0n) is 10.3. The van der Waals surface area contributed by atoms with Crippen molar-refractivity contribution >= 4 is 31.9 Å². The van der Waals surface area contributed by atoms with Gasteiger partial charge < -0.3 is 9.84 Å². The number of halogens is 2. The van der Waals surface area contributed by atoms with E-state index in [2.05, 4.69) is 20.7 Å². The average Bonchev–Trinajstić information content (AvgIpc) is 2.25. The van der Waals surface area contributed by atoms with Gasteiger partial charge in [-0.2, -0.15) is 0 Å². The smallest absolute Gasteiger partial charge is 0.339 e. The van der Waals surface area contributed by atoms with Crippen LogP contribution in [0, 0.1) is 5.82 Å². The lowest BCUT2D eigenvalue weighted by molar-refractivity contribution is -0.0523. The summed E-state index contributed by atoms with van der Waals surface area (Å²) in [5.74, 6) is -2.56. The van der Waals surface area contributed by atoms with Gasteiger partial charge in [-0.25, -0.2) is 22.3 Å². The summed E-state index contributed by atoms with van der Waals surface area (Å²) < 4.78 is 44.9. The van der Waals surface area contributed by atoms with E-state index in [1.54, 1.807) is 6.92 Å². The first-order chi connectivity index (χ1) is 9.16. The van der Waals surface area contributed by atoms with Crippen LogP contribution in [0.15, 0.2) is 21.5 Å². The Kier molecular flexibility index (Phi) is 3.89. The highest BCUT2D eigenvalue weighted by Gasteiger charge is 2.38. The van der Waals surface area contributed by atoms with E-state index in [1.165, 1.54) is 0 Å². The van der Waals surface area contributed by atoms with Crippen molar-refractivity contribution in [1.82, 2.24) is 4.72 Å². The minimum atomic E-state index is -3.99. The number of ether oxygens (including phenoxy) is 1. The molecule has 20 heavy (non-hydrogen) atoms. The highest BCUT2D eigenvalue weighted by Crippen LogP contribution is 2.29. The van der Waals surface area contributed by atoms with E-state index in [0.29, 0.717) is 0 Å². The number of benzene rings is 1. The highest BCUT2D eigenvalue weighted by atomic mass is 79.9. The van der Waals surface area contributed by atoms with Gasteiger partial charge in [-0.05, 0) is 35.0 Å². The van der Waals surface area contributed by atoms with E-state index in [4.69, 9.17) is 9.84 Å². The van der Waals surface area contributed by atoms with Gasteiger partial charge in [-0.1, -0.05) is 0 Å². The molecule has 6 nitrogen and oxygen atoms in total. The molecule has 0 aliphatic carbocycles. The largest absolute Gasteiger partial charge is 0.478 e. The number of carboxylic acids is 1. The molecule has 1 aromatic carbocycles. The maximum absolute atomic E-state index is 13.4. The van der Waals surface area contributed by atoms with E-state index in [9.17, 15) is 17.6 Å². The maximum atomic E-state index is 13.4. The normalized spacial score (nSPS) is 17.6. The third-order valence-corrected chi connectivity index (χ3v) is 5.55. The minimum Gasteiger partial charge on any atom is -0.478 e. The Balaban J connectivity index is 2.47. The summed E-state index contributed by atoms with van der Waals surface area (Å²) in [5, 5.41) is 8.92. The Morgan fingerprint density at radius 2 is 2.10 bits per heavy atom. The summed E-state index contributed by atoms with van der Waals surface area (Å²) in [6.07, 6.45) is 0. The fourth-order valence-electron chi connectivity index (χ4n) is 1.78. The first-order valence-electron chi connectivity index (χ1n) is 5.49. The molecule has 0 atom stereocenters. The predicted octanol–water partition coefficient (Wildman–Crippen LogP) is 1.35. The van der Waals surface area contributed by atoms with Crippen molar-refractivity contribution in [3.05, 3.63) is 28.0 Å². The number of rotatable bonds is 4. The molecule has 0 unspecified atom stereocenters. The van der Waals surface area contributed by atoms with Gasteiger partial charge in [-0.3, -0.25) is 0 Å². The Morgan fingerprint density at radius 3 is 2.55 bits per heavy atom. The first kappa shape index (κ1) is 15.4. The lowest BCUT2D eigenvalue weighted by Crippen LogP contribution is -2.59. The van der Waals surface area contributed by atoms with Crippen LogP contribution in [0.4, 0.5) is 4.39 Å². The topological polar surface area (TPSA) is 92.7 Å². The van der Waals surface area contributed by atoms with Crippen molar-refractivity contribution < 1.29 is 27.4 Å². The van der Waals surface area contributed by atoms with Crippen LogP contribution in [0.2, 0.25) is 0 Å². The Bertz CT molecular complexity index is 672. The minimum absolute atomic E-state index is 0.219. The summed E-state index contributed by atoms with van der Waals surface area (Å²) >= 11 is 2.84. The molecule has 110 valence electrons. The molecule has 1 aromatic rings. The molecule has 0 amide bonds. The van der Waals surface area contributed by atoms with Crippen LogP contribution in [0.25, 0.3) is 0 Å². The van der Waals surface area contributed by atoms with E-state index in [1.807, 2.05) is 0 Å². The van der Waals surface area contributed by atoms with Crippen LogP contribution < -0.4 is 4.72 Å². The summed E-state index contributed by atoms with van der Waals surface area (Å²) in [6.45, 7) is 2.09. The molecule has 1 aliphatic rings. The first-order valence-corrected chi connectivity index (χ1v) is 7.77. The molecular formula is C11H11BrFNO5S. The maximum Gasteiger partial charge on any atom is 0.339 e. The molecule has 2 N–H and O–H groups in total. The third-order valence-electron chi connectivity index (χ3n) is 2.78. The lowest BCUT2D eigenvalue weighted by Gasteiger charge is -2.38. The SMILES string of the molecule is CC1(NS(=O)(=O)c2ccc(F)c(C(=O)O)c2Br)COC1. The van der Waals surface area contributed by atoms with E-state index >= 15 is 0 Å². The van der Waals surface area contributed by atoms with Gasteiger partial charge in [0, 0.05) is 0 Å². The Labute approximate surface area is 123 Å². The van der Waals surface area contributed by atoms with Crippen LogP contribution >= 0.6 is 15.9 Å². The van der Waals surface area contributed by atoms with Gasteiger partial charge in [0.1, 0.15) is 11.4 Å². The monoisotopic (exact) mass is 367 g/mol. The molecule has 1 aliphatic heterocycles. The summed E-state index contributed by atoms with van der Waals surface area (Å²) in [4.78, 5) is 10.6. The van der Waals surface area contributed by atoms with Gasteiger partial charge in [0.05, 0.1) is 28.1 Å². The number of aromatic carboxylic acids is 1. The van der Waals surface area contributed by atoms with Crippen molar-refractivity contribution in [1.29, 1.82) is 0 Å². The van der Waals surface area contributed by atoms with Crippen LogP contribution in [0.3, 0.4) is 0 Å². The molecule has 9 heteroatoms. The molecule has 0 spiro atoms. The van der Waals surface area contributed by atoms with Crippen molar-refractivity contribution in [2.75, 3.05) is 13.2 Å². The molecule has 1 fully saturated rings. The molecule has 2 rings (SSSR count). The van der Waals surface area contributed by atoms with Gasteiger partial charge in [0.2, 0.25) is 10.0 Å². The molecule has 0 bridgehead atoms. The third kappa shape index (κ3) is 2.71. The van der Waals surface area contributed by atoms with E-state index in [-0.39, 0.29) is 22.6 Å². The van der Waals surface area contributed by atoms with Crippen LogP contribution in [-0.4, -0.2) is 38.2 Å². The summed E-state index contributed by atoms with van der Waals surface area (Å²) in [6, 6.07) is 1.82. The van der Waals surface area contributed by atoms with Crippen LogP contribution in [0.1, 0.15) is 17.3 Å². The second kappa shape index (κ2) is 5.06. The standard InChI is InChI=1S/C11H11BrFNO5S/c1-11(4-19-5-11)14-20(17,18)7-3-2-6(13)8(9(7)12)10(15)16/h2-3,14H,4-5H2,1H3,(H,15,16). The van der Waals surface area contributed by atoms with Gasteiger partial charge in [0.25, 0.3) is 0 Å². The number of nitrogens with one attached hydrogen (secondary N) is 1. The van der Waals surface area contributed by atoms with Crippen molar-refractivity contribution in [3.63, 3.8) is 0 Å². The molecule has 0 saturated carbocycles. The van der Waals surface area contributed by atoms with Crippen molar-refractivity contribution in [2.45, 2.75) is 17.4 Å². The zero-order valence-corrected chi connectivity index (χ0v) is 12.7. The van der Waals surface area contributed by atoms with Crippen LogP contribution in [-0.2, 0) is 14.8 Å². The quantitative estimate of drug-likeness (QED) is 0.837. The highest BCUT2D eigenvalue weighted by molar-refractivity contribution is 9.10. The second-order valence-electron chi connectivity index (χ2n) is 4.70. The number of carboxylic acid groups (broad SMARTS) is 1. The average molecular weight is 368 g/mol. The molecule has 1 saturated heterocycles. The van der Waals surface area contributed by atoms with Gasteiger partial charge in [0.15, 0.2) is 0 Å². The van der Waals surface area contributed by atoms with Crippen molar-refractivity contribution in [2.24, 2.45) is 0 Å². The zero-order chi connectivity index (χ0) is 15.1. The number of hydrogen-bond acceptors (Lipinski definition) is 4. The van der Waals surface area contributed by atoms with E-state index in [0.717, 1.165) is 12.1 Å². The number of carbonyl (C=O) groups is 1. The van der Waals surface area contributed by atoms with Crippen LogP contribution in [0.5, 0.6) is 0 Å². The Hall–Kier alpha value is -1.03. The molecule has 1 heterocycles. The molecule has 0 radical (unpaired) electrons. The Morgan fingerprint density at radius 1 is 1.50 bits per heavy atom. The van der Waals surface area contributed by atoms with Gasteiger partial charge >= 0.3 is 5.97 Å². The van der Waals surface area contributed by atoms with Crippen molar-refractivity contribution in [3.8, 4) is 0 Å². The predicted molar refractivity (Wildman–Crippen MR) is 70.6 cm³/mol. The number of hydrogen-bond donors (Lipinski definition) is 2. The summed E-state index contributed by atoms with van der Waals surface area (Å²) in [5.41, 5.74) is -1.46. The number of sulfonamides is 1. The molecule has 0 aromatic heterocycles. The molecular weight excluding hydrogens is 357 g/mol. The lowest BCUT2D eigenvalue weighted by atomic mass is 10.0. The fraction of sp³-hybridized carbons (Fsp3) is 0.364. The fourth-order valence-corrected chi connectivity index (χ4v) is 4.38. The van der Waals surface area contributed by atoms with E-state index < -0.39 is 32.9 Å². The van der Waals surface area contributed by atoms with Gasteiger partial charge in [-0.15, -0.1) is 0 Å². The second-order valence-corrected chi connectivity index (χ2v) is 7.14. The summed E-state index contributed by atoms with van der Waals surface area (Å²) in [7, 11) is -3.99.